The smallest absolute Gasteiger partial charge is 0.222 e. The highest BCUT2D eigenvalue weighted by molar-refractivity contribution is 5.94. The number of anilines is 1. The normalized spacial score (nSPS) is 10.9. The summed E-state index contributed by atoms with van der Waals surface area (Å²) in [7, 11) is 1.61. The molecule has 156 valence electrons. The minimum absolute atomic E-state index is 0.0313. The predicted octanol–water partition coefficient (Wildman–Crippen LogP) is 3.18. The Balaban J connectivity index is 1.89. The van der Waals surface area contributed by atoms with Crippen LogP contribution in [0.1, 0.15) is 25.8 Å². The molecule has 7 nitrogen and oxygen atoms in total. The number of carbonyl (C=O) groups excluding carboxylic acids is 1. The van der Waals surface area contributed by atoms with E-state index in [1.165, 1.54) is 0 Å². The highest BCUT2D eigenvalue weighted by Gasteiger charge is 2.07. The fourth-order valence-corrected chi connectivity index (χ4v) is 2.62. The maximum absolute atomic E-state index is 12.0. The van der Waals surface area contributed by atoms with Crippen LogP contribution in [0, 0.1) is 0 Å². The number of guanidine groups is 1. The van der Waals surface area contributed by atoms with Gasteiger partial charge in [-0.1, -0.05) is 30.3 Å². The molecule has 0 atom stereocenters. The maximum atomic E-state index is 12.0. The number of methoxy groups -OCH3 is 1. The predicted molar refractivity (Wildman–Crippen MR) is 117 cm³/mol. The van der Waals surface area contributed by atoms with Gasteiger partial charge in [-0.05, 0) is 31.5 Å². The molecule has 0 heterocycles. The lowest BCUT2D eigenvalue weighted by molar-refractivity contribution is -0.121. The molecule has 0 radical (unpaired) electrons. The van der Waals surface area contributed by atoms with Crippen molar-refractivity contribution in [3.63, 3.8) is 0 Å². The molecule has 0 aromatic heterocycles. The highest BCUT2D eigenvalue weighted by Crippen LogP contribution is 2.30. The number of hydrogen-bond donors (Lipinski definition) is 3. The molecule has 0 unspecified atom stereocenters. The highest BCUT2D eigenvalue weighted by atomic mass is 16.5. The molecule has 29 heavy (non-hydrogen) atoms. The first-order valence-corrected chi connectivity index (χ1v) is 9.83. The van der Waals surface area contributed by atoms with Gasteiger partial charge in [0.15, 0.2) is 17.5 Å². The molecule has 0 bridgehead atoms. The molecule has 0 saturated carbocycles. The van der Waals surface area contributed by atoms with E-state index in [0.29, 0.717) is 50.1 Å². The number of carbonyl (C=O) groups is 1. The Morgan fingerprint density at radius 1 is 1.03 bits per heavy atom. The Bertz CT molecular complexity index is 794. The van der Waals surface area contributed by atoms with Gasteiger partial charge in [0.05, 0.1) is 20.3 Å². The molecular formula is C22H30N4O3. The van der Waals surface area contributed by atoms with Gasteiger partial charge in [0.1, 0.15) is 0 Å². The molecule has 2 aromatic carbocycles. The van der Waals surface area contributed by atoms with Crippen molar-refractivity contribution < 1.29 is 14.3 Å². The van der Waals surface area contributed by atoms with Gasteiger partial charge in [-0.2, -0.15) is 0 Å². The van der Waals surface area contributed by atoms with E-state index in [4.69, 9.17) is 9.47 Å². The first-order chi connectivity index (χ1) is 14.2. The van der Waals surface area contributed by atoms with Crippen LogP contribution in [0.3, 0.4) is 0 Å². The molecule has 2 rings (SSSR count). The SMILES string of the molecule is CCNC(=NCCC(=O)NCc1ccccc1)Nc1ccc(OCC)c(OC)c1. The van der Waals surface area contributed by atoms with Gasteiger partial charge < -0.3 is 25.4 Å². The summed E-state index contributed by atoms with van der Waals surface area (Å²) in [5, 5.41) is 9.31. The van der Waals surface area contributed by atoms with E-state index in [1.807, 2.05) is 62.4 Å². The van der Waals surface area contributed by atoms with E-state index in [2.05, 4.69) is 20.9 Å². The molecular weight excluding hydrogens is 368 g/mol. The average Bonchev–Trinajstić information content (AvgIpc) is 2.74. The van der Waals surface area contributed by atoms with Gasteiger partial charge in [-0.25, -0.2) is 0 Å². The van der Waals surface area contributed by atoms with Crippen molar-refractivity contribution >= 4 is 17.6 Å². The molecule has 7 heteroatoms. The van der Waals surface area contributed by atoms with Crippen LogP contribution >= 0.6 is 0 Å². The first-order valence-electron chi connectivity index (χ1n) is 9.83. The minimum Gasteiger partial charge on any atom is -0.493 e. The van der Waals surface area contributed by atoms with Crippen LogP contribution in [-0.4, -0.2) is 38.7 Å². The zero-order valence-corrected chi connectivity index (χ0v) is 17.3. The van der Waals surface area contributed by atoms with Crippen molar-refractivity contribution in [2.45, 2.75) is 26.8 Å². The minimum atomic E-state index is -0.0313. The fourth-order valence-electron chi connectivity index (χ4n) is 2.62. The van der Waals surface area contributed by atoms with Gasteiger partial charge in [0.2, 0.25) is 5.91 Å². The summed E-state index contributed by atoms with van der Waals surface area (Å²) in [5.74, 6) is 1.91. The Hall–Kier alpha value is -3.22. The van der Waals surface area contributed by atoms with Crippen LogP contribution < -0.4 is 25.4 Å². The van der Waals surface area contributed by atoms with Crippen LogP contribution in [0.25, 0.3) is 0 Å². The molecule has 0 saturated heterocycles. The Morgan fingerprint density at radius 2 is 1.83 bits per heavy atom. The lowest BCUT2D eigenvalue weighted by Crippen LogP contribution is -2.31. The van der Waals surface area contributed by atoms with E-state index < -0.39 is 0 Å². The molecule has 1 amide bonds. The Labute approximate surface area is 172 Å². The molecule has 2 aromatic rings. The van der Waals surface area contributed by atoms with Crippen LogP contribution in [-0.2, 0) is 11.3 Å². The third-order valence-electron chi connectivity index (χ3n) is 4.01. The number of hydrogen-bond acceptors (Lipinski definition) is 4. The van der Waals surface area contributed by atoms with Crippen LogP contribution in [0.4, 0.5) is 5.69 Å². The third-order valence-corrected chi connectivity index (χ3v) is 4.01. The standard InChI is InChI=1S/C22H30N4O3/c1-4-23-22(26-18-11-12-19(29-5-2)20(15-18)28-3)24-14-13-21(27)25-16-17-9-7-6-8-10-17/h6-12,15H,4-5,13-14,16H2,1-3H3,(H,25,27)(H2,23,24,26). The van der Waals surface area contributed by atoms with Crippen molar-refractivity contribution in [2.75, 3.05) is 32.1 Å². The summed E-state index contributed by atoms with van der Waals surface area (Å²) in [6, 6.07) is 15.4. The molecule has 0 aliphatic rings. The topological polar surface area (TPSA) is 84.0 Å². The van der Waals surface area contributed by atoms with Crippen molar-refractivity contribution in [3.8, 4) is 11.5 Å². The summed E-state index contributed by atoms with van der Waals surface area (Å²) in [6.07, 6.45) is 0.315. The number of aliphatic imine (C=N–C) groups is 1. The summed E-state index contributed by atoms with van der Waals surface area (Å²) >= 11 is 0. The molecule has 0 aliphatic heterocycles. The van der Waals surface area contributed by atoms with Gasteiger partial charge in [0.25, 0.3) is 0 Å². The van der Waals surface area contributed by atoms with Crippen molar-refractivity contribution in [1.29, 1.82) is 0 Å². The van der Waals surface area contributed by atoms with Gasteiger partial charge in [-0.15, -0.1) is 0 Å². The van der Waals surface area contributed by atoms with E-state index in [-0.39, 0.29) is 5.91 Å². The first kappa shape index (κ1) is 22.1. The maximum Gasteiger partial charge on any atom is 0.222 e. The van der Waals surface area contributed by atoms with Crippen LogP contribution in [0.15, 0.2) is 53.5 Å². The van der Waals surface area contributed by atoms with Gasteiger partial charge in [0, 0.05) is 31.3 Å². The largest absolute Gasteiger partial charge is 0.493 e. The average molecular weight is 399 g/mol. The zero-order valence-electron chi connectivity index (χ0n) is 17.3. The fraction of sp³-hybridized carbons (Fsp3) is 0.364. The number of rotatable bonds is 10. The second-order valence-corrected chi connectivity index (χ2v) is 6.20. The van der Waals surface area contributed by atoms with Crippen molar-refractivity contribution in [1.82, 2.24) is 10.6 Å². The van der Waals surface area contributed by atoms with Crippen molar-refractivity contribution in [3.05, 3.63) is 54.1 Å². The van der Waals surface area contributed by atoms with E-state index in [9.17, 15) is 4.79 Å². The molecule has 0 spiro atoms. The Morgan fingerprint density at radius 3 is 2.52 bits per heavy atom. The zero-order chi connectivity index (χ0) is 20.9. The number of nitrogens with zero attached hydrogens (tertiary/aromatic N) is 1. The second kappa shape index (κ2) is 12.3. The molecule has 3 N–H and O–H groups in total. The van der Waals surface area contributed by atoms with Crippen molar-refractivity contribution in [2.24, 2.45) is 4.99 Å². The van der Waals surface area contributed by atoms with E-state index in [0.717, 1.165) is 11.3 Å². The summed E-state index contributed by atoms with van der Waals surface area (Å²) in [6.45, 7) is 6.09. The number of ether oxygens (including phenoxy) is 2. The van der Waals surface area contributed by atoms with Gasteiger partial charge in [-0.3, -0.25) is 9.79 Å². The van der Waals surface area contributed by atoms with E-state index >= 15 is 0 Å². The summed E-state index contributed by atoms with van der Waals surface area (Å²) in [4.78, 5) is 16.5. The number of amides is 1. The Kier molecular flexibility index (Phi) is 9.35. The lowest BCUT2D eigenvalue weighted by Gasteiger charge is -2.14. The van der Waals surface area contributed by atoms with E-state index in [1.54, 1.807) is 7.11 Å². The van der Waals surface area contributed by atoms with Gasteiger partial charge >= 0.3 is 0 Å². The number of benzene rings is 2. The summed E-state index contributed by atoms with van der Waals surface area (Å²) < 4.78 is 10.9. The van der Waals surface area contributed by atoms with Crippen LogP contribution in [0.5, 0.6) is 11.5 Å². The third kappa shape index (κ3) is 7.73. The number of nitrogens with one attached hydrogen (secondary N) is 3. The molecule has 0 aliphatic carbocycles. The molecule has 0 fully saturated rings. The summed E-state index contributed by atoms with van der Waals surface area (Å²) in [5.41, 5.74) is 1.89. The quantitative estimate of drug-likeness (QED) is 0.423. The van der Waals surface area contributed by atoms with Crippen LogP contribution in [0.2, 0.25) is 0 Å². The monoisotopic (exact) mass is 398 g/mol. The second-order valence-electron chi connectivity index (χ2n) is 6.20. The lowest BCUT2D eigenvalue weighted by atomic mass is 10.2.